The summed E-state index contributed by atoms with van der Waals surface area (Å²) in [6.45, 7) is 1.97. The number of para-hydroxylation sites is 1. The molecule has 0 aliphatic carbocycles. The molecule has 0 unspecified atom stereocenters. The average molecular weight is 367 g/mol. The molecule has 1 aliphatic rings. The van der Waals surface area contributed by atoms with Gasteiger partial charge in [0, 0.05) is 24.5 Å². The first-order valence-electron chi connectivity index (χ1n) is 9.30. The number of carbonyl (C=O) groups excluding carboxylic acids is 2. The van der Waals surface area contributed by atoms with Gasteiger partial charge in [-0.05, 0) is 49.2 Å². The van der Waals surface area contributed by atoms with Gasteiger partial charge in [-0.1, -0.05) is 25.0 Å². The fraction of sp³-hybridized carbons (Fsp3) is 0.333. The minimum Gasteiger partial charge on any atom is -0.483 e. The van der Waals surface area contributed by atoms with Crippen LogP contribution in [0.15, 0.2) is 48.5 Å². The molecular formula is C21H25N3O3. The first-order valence-corrected chi connectivity index (χ1v) is 9.30. The predicted octanol–water partition coefficient (Wildman–Crippen LogP) is 3.18. The molecule has 0 saturated carbocycles. The van der Waals surface area contributed by atoms with E-state index in [9.17, 15) is 9.59 Å². The van der Waals surface area contributed by atoms with E-state index in [2.05, 4.69) is 10.2 Å². The maximum Gasteiger partial charge on any atom is 0.262 e. The normalized spacial score (nSPS) is 14.3. The molecule has 6 heteroatoms. The van der Waals surface area contributed by atoms with Gasteiger partial charge >= 0.3 is 0 Å². The molecule has 0 atom stereocenters. The van der Waals surface area contributed by atoms with Gasteiger partial charge in [-0.25, -0.2) is 0 Å². The second kappa shape index (κ2) is 9.07. The summed E-state index contributed by atoms with van der Waals surface area (Å²) in [5.74, 6) is -0.580. The van der Waals surface area contributed by atoms with Gasteiger partial charge in [-0.2, -0.15) is 0 Å². The van der Waals surface area contributed by atoms with Gasteiger partial charge in [-0.3, -0.25) is 9.59 Å². The highest BCUT2D eigenvalue weighted by atomic mass is 16.5. The number of carbonyl (C=O) groups is 2. The topological polar surface area (TPSA) is 84.7 Å². The Kier molecular flexibility index (Phi) is 6.30. The van der Waals surface area contributed by atoms with Crippen molar-refractivity contribution in [3.63, 3.8) is 0 Å². The molecule has 6 nitrogen and oxygen atoms in total. The van der Waals surface area contributed by atoms with Crippen molar-refractivity contribution >= 4 is 23.2 Å². The zero-order chi connectivity index (χ0) is 19.1. The monoisotopic (exact) mass is 367 g/mol. The Morgan fingerprint density at radius 2 is 1.63 bits per heavy atom. The van der Waals surface area contributed by atoms with Gasteiger partial charge in [0.15, 0.2) is 6.61 Å². The number of ether oxygens (including phenoxy) is 1. The maximum absolute atomic E-state index is 12.1. The van der Waals surface area contributed by atoms with E-state index in [1.54, 1.807) is 24.3 Å². The molecule has 27 heavy (non-hydrogen) atoms. The van der Waals surface area contributed by atoms with Crippen LogP contribution >= 0.6 is 0 Å². The van der Waals surface area contributed by atoms with Crippen LogP contribution in [0.3, 0.4) is 0 Å². The van der Waals surface area contributed by atoms with E-state index in [1.165, 1.54) is 31.4 Å². The maximum atomic E-state index is 12.1. The van der Waals surface area contributed by atoms with Crippen molar-refractivity contribution < 1.29 is 14.3 Å². The number of amides is 2. The lowest BCUT2D eigenvalue weighted by Crippen LogP contribution is -2.24. The van der Waals surface area contributed by atoms with E-state index >= 15 is 0 Å². The molecular weight excluding hydrogens is 342 g/mol. The number of nitrogens with two attached hydrogens (primary N) is 1. The second-order valence-corrected chi connectivity index (χ2v) is 6.65. The molecule has 1 heterocycles. The Hall–Kier alpha value is -3.02. The number of nitrogens with one attached hydrogen (secondary N) is 1. The lowest BCUT2D eigenvalue weighted by Gasteiger charge is -2.22. The van der Waals surface area contributed by atoms with E-state index < -0.39 is 5.91 Å². The predicted molar refractivity (Wildman–Crippen MR) is 106 cm³/mol. The zero-order valence-electron chi connectivity index (χ0n) is 15.3. The molecule has 2 amide bonds. The van der Waals surface area contributed by atoms with Crippen LogP contribution in [-0.2, 0) is 4.79 Å². The number of benzene rings is 2. The lowest BCUT2D eigenvalue weighted by molar-refractivity contribution is -0.118. The van der Waals surface area contributed by atoms with E-state index in [0.29, 0.717) is 11.4 Å². The minimum atomic E-state index is -0.588. The summed E-state index contributed by atoms with van der Waals surface area (Å²) in [6.07, 6.45) is 5.04. The zero-order valence-corrected chi connectivity index (χ0v) is 15.3. The van der Waals surface area contributed by atoms with Crippen molar-refractivity contribution in [3.05, 3.63) is 54.1 Å². The Balaban J connectivity index is 1.54. The van der Waals surface area contributed by atoms with Gasteiger partial charge in [0.25, 0.3) is 11.8 Å². The van der Waals surface area contributed by atoms with E-state index in [-0.39, 0.29) is 18.1 Å². The molecule has 2 aromatic rings. The summed E-state index contributed by atoms with van der Waals surface area (Å²) >= 11 is 0. The smallest absolute Gasteiger partial charge is 0.262 e. The lowest BCUT2D eigenvalue weighted by atomic mass is 10.2. The molecule has 0 radical (unpaired) electrons. The molecule has 2 aromatic carbocycles. The quantitative estimate of drug-likeness (QED) is 0.821. The molecule has 0 aromatic heterocycles. The Morgan fingerprint density at radius 3 is 2.30 bits per heavy atom. The summed E-state index contributed by atoms with van der Waals surface area (Å²) < 4.78 is 5.44. The van der Waals surface area contributed by atoms with E-state index in [4.69, 9.17) is 10.5 Å². The summed E-state index contributed by atoms with van der Waals surface area (Å²) in [5, 5.41) is 2.80. The van der Waals surface area contributed by atoms with Crippen LogP contribution in [0.25, 0.3) is 0 Å². The van der Waals surface area contributed by atoms with Crippen molar-refractivity contribution in [2.75, 3.05) is 29.9 Å². The molecule has 1 saturated heterocycles. The fourth-order valence-corrected chi connectivity index (χ4v) is 3.22. The largest absolute Gasteiger partial charge is 0.483 e. The van der Waals surface area contributed by atoms with Gasteiger partial charge in [0.1, 0.15) is 5.75 Å². The van der Waals surface area contributed by atoms with E-state index in [0.717, 1.165) is 13.1 Å². The summed E-state index contributed by atoms with van der Waals surface area (Å²) in [4.78, 5) is 25.9. The van der Waals surface area contributed by atoms with Crippen LogP contribution in [0.2, 0.25) is 0 Å². The Bertz CT molecular complexity index is 782. The average Bonchev–Trinajstić information content (AvgIpc) is 2.97. The van der Waals surface area contributed by atoms with Crippen molar-refractivity contribution in [2.45, 2.75) is 25.7 Å². The second-order valence-electron chi connectivity index (χ2n) is 6.65. The van der Waals surface area contributed by atoms with Crippen molar-refractivity contribution in [3.8, 4) is 5.75 Å². The molecule has 1 aliphatic heterocycles. The third-order valence-corrected chi connectivity index (χ3v) is 4.63. The van der Waals surface area contributed by atoms with Crippen LogP contribution in [0.4, 0.5) is 11.4 Å². The van der Waals surface area contributed by atoms with Crippen LogP contribution in [0.1, 0.15) is 36.0 Å². The number of nitrogens with zero attached hydrogens (tertiary/aromatic N) is 1. The van der Waals surface area contributed by atoms with Gasteiger partial charge in [0.05, 0.1) is 5.56 Å². The Morgan fingerprint density at radius 1 is 0.963 bits per heavy atom. The highest BCUT2D eigenvalue weighted by Crippen LogP contribution is 2.22. The minimum absolute atomic E-state index is 0.196. The van der Waals surface area contributed by atoms with Crippen LogP contribution in [0, 0.1) is 0 Å². The number of primary amides is 1. The summed E-state index contributed by atoms with van der Waals surface area (Å²) in [5.41, 5.74) is 7.46. The number of hydrogen-bond donors (Lipinski definition) is 2. The van der Waals surface area contributed by atoms with Gasteiger partial charge in [0.2, 0.25) is 0 Å². The highest BCUT2D eigenvalue weighted by molar-refractivity contribution is 5.96. The summed E-state index contributed by atoms with van der Waals surface area (Å²) in [6, 6.07) is 14.5. The molecule has 142 valence electrons. The standard InChI is InChI=1S/C21H25N3O3/c22-21(26)18-7-3-4-8-19(18)27-15-20(25)23-16-9-11-17(12-10-16)24-13-5-1-2-6-14-24/h3-4,7-12H,1-2,5-6,13-15H2,(H2,22,26)(H,23,25). The number of hydrogen-bond acceptors (Lipinski definition) is 4. The fourth-order valence-electron chi connectivity index (χ4n) is 3.22. The highest BCUT2D eigenvalue weighted by Gasteiger charge is 2.12. The van der Waals surface area contributed by atoms with Crippen LogP contribution in [0.5, 0.6) is 5.75 Å². The Labute approximate surface area is 159 Å². The van der Waals surface area contributed by atoms with Gasteiger partial charge < -0.3 is 20.7 Å². The summed E-state index contributed by atoms with van der Waals surface area (Å²) in [7, 11) is 0. The van der Waals surface area contributed by atoms with Crippen LogP contribution < -0.4 is 20.7 Å². The van der Waals surface area contributed by atoms with Crippen LogP contribution in [-0.4, -0.2) is 31.5 Å². The number of anilines is 2. The first kappa shape index (κ1) is 18.8. The first-order chi connectivity index (χ1) is 13.1. The third-order valence-electron chi connectivity index (χ3n) is 4.63. The molecule has 0 spiro atoms. The van der Waals surface area contributed by atoms with E-state index in [1.807, 2.05) is 24.3 Å². The third kappa shape index (κ3) is 5.23. The van der Waals surface area contributed by atoms with Crippen molar-refractivity contribution in [1.82, 2.24) is 0 Å². The molecule has 3 N–H and O–H groups in total. The molecule has 0 bridgehead atoms. The number of rotatable bonds is 6. The molecule has 3 rings (SSSR count). The molecule has 1 fully saturated rings. The van der Waals surface area contributed by atoms with Crippen molar-refractivity contribution in [1.29, 1.82) is 0 Å². The van der Waals surface area contributed by atoms with Gasteiger partial charge in [-0.15, -0.1) is 0 Å². The van der Waals surface area contributed by atoms with Crippen molar-refractivity contribution in [2.24, 2.45) is 5.73 Å². The SMILES string of the molecule is NC(=O)c1ccccc1OCC(=O)Nc1ccc(N2CCCCCC2)cc1.